The Hall–Kier alpha value is -2.31. The average molecular weight is 302 g/mol. The van der Waals surface area contributed by atoms with Crippen LogP contribution in [0.1, 0.15) is 26.2 Å². The number of nitrogens with one attached hydrogen (secondary N) is 1. The summed E-state index contributed by atoms with van der Waals surface area (Å²) in [5, 5.41) is 11.9. The SMILES string of the molecule is CCCn1cc(N[C@H]2CCCN(c3ccn(C)n3)C2=O)cn1. The van der Waals surface area contributed by atoms with Gasteiger partial charge in [0.15, 0.2) is 5.82 Å². The molecular formula is C15H22N6O. The monoisotopic (exact) mass is 302 g/mol. The van der Waals surface area contributed by atoms with Gasteiger partial charge in [0.1, 0.15) is 6.04 Å². The van der Waals surface area contributed by atoms with Crippen LogP contribution in [0.5, 0.6) is 0 Å². The predicted molar refractivity (Wildman–Crippen MR) is 84.7 cm³/mol. The first-order valence-electron chi connectivity index (χ1n) is 7.77. The van der Waals surface area contributed by atoms with Crippen LogP contribution in [-0.4, -0.2) is 38.1 Å². The van der Waals surface area contributed by atoms with E-state index in [2.05, 4.69) is 22.4 Å². The van der Waals surface area contributed by atoms with Gasteiger partial charge in [-0.25, -0.2) is 0 Å². The predicted octanol–water partition coefficient (Wildman–Crippen LogP) is 1.63. The Kier molecular flexibility index (Phi) is 4.13. The van der Waals surface area contributed by atoms with Crippen LogP contribution in [0, 0.1) is 0 Å². The second-order valence-corrected chi connectivity index (χ2v) is 5.67. The highest BCUT2D eigenvalue weighted by Crippen LogP contribution is 2.21. The van der Waals surface area contributed by atoms with Crippen LogP contribution in [0.2, 0.25) is 0 Å². The number of rotatable bonds is 5. The lowest BCUT2D eigenvalue weighted by Crippen LogP contribution is -2.48. The average Bonchev–Trinajstić information content (AvgIpc) is 3.11. The van der Waals surface area contributed by atoms with Crippen LogP contribution in [0.3, 0.4) is 0 Å². The van der Waals surface area contributed by atoms with Crippen LogP contribution in [-0.2, 0) is 18.4 Å². The molecule has 7 heteroatoms. The number of nitrogens with zero attached hydrogens (tertiary/aromatic N) is 5. The molecule has 1 N–H and O–H groups in total. The zero-order valence-corrected chi connectivity index (χ0v) is 13.1. The minimum Gasteiger partial charge on any atom is -0.371 e. The van der Waals surface area contributed by atoms with Crippen LogP contribution in [0.25, 0.3) is 0 Å². The van der Waals surface area contributed by atoms with E-state index in [4.69, 9.17) is 0 Å². The van der Waals surface area contributed by atoms with Crippen molar-refractivity contribution in [3.8, 4) is 0 Å². The molecule has 0 bridgehead atoms. The normalized spacial score (nSPS) is 18.7. The van der Waals surface area contributed by atoms with Crippen LogP contribution in [0.15, 0.2) is 24.7 Å². The number of hydrogen-bond acceptors (Lipinski definition) is 4. The molecule has 0 saturated carbocycles. The molecule has 2 aromatic rings. The molecule has 0 spiro atoms. The van der Waals surface area contributed by atoms with Crippen molar-refractivity contribution in [1.29, 1.82) is 0 Å². The van der Waals surface area contributed by atoms with Crippen LogP contribution in [0.4, 0.5) is 11.5 Å². The molecule has 0 aromatic carbocycles. The van der Waals surface area contributed by atoms with Crippen molar-refractivity contribution in [3.63, 3.8) is 0 Å². The largest absolute Gasteiger partial charge is 0.371 e. The molecule has 2 aromatic heterocycles. The number of anilines is 2. The Bertz CT molecular complexity index is 646. The molecule has 1 atom stereocenters. The summed E-state index contributed by atoms with van der Waals surface area (Å²) in [4.78, 5) is 14.4. The van der Waals surface area contributed by atoms with Gasteiger partial charge in [-0.15, -0.1) is 0 Å². The number of aromatic nitrogens is 4. The smallest absolute Gasteiger partial charge is 0.250 e. The molecule has 3 heterocycles. The molecule has 0 unspecified atom stereocenters. The fourth-order valence-electron chi connectivity index (χ4n) is 2.77. The Balaban J connectivity index is 1.69. The molecule has 1 amide bonds. The summed E-state index contributed by atoms with van der Waals surface area (Å²) in [5.41, 5.74) is 0.898. The molecule has 22 heavy (non-hydrogen) atoms. The van der Waals surface area contributed by atoms with Crippen molar-refractivity contribution in [2.45, 2.75) is 38.8 Å². The molecular weight excluding hydrogens is 280 g/mol. The summed E-state index contributed by atoms with van der Waals surface area (Å²) in [6.45, 7) is 3.73. The Labute approximate surface area is 129 Å². The van der Waals surface area contributed by atoms with Gasteiger partial charge >= 0.3 is 0 Å². The topological polar surface area (TPSA) is 68.0 Å². The highest BCUT2D eigenvalue weighted by Gasteiger charge is 2.30. The third-order valence-electron chi connectivity index (χ3n) is 3.84. The summed E-state index contributed by atoms with van der Waals surface area (Å²) in [6.07, 6.45) is 8.43. The highest BCUT2D eigenvalue weighted by molar-refractivity contribution is 5.98. The standard InChI is InChI=1S/C15H22N6O/c1-3-7-20-11-12(10-16-20)17-13-5-4-8-21(15(13)22)14-6-9-19(2)18-14/h6,9-11,13,17H,3-5,7-8H2,1-2H3/t13-/m0/s1. The molecule has 1 aliphatic rings. The lowest BCUT2D eigenvalue weighted by Gasteiger charge is -2.31. The van der Waals surface area contributed by atoms with Gasteiger partial charge in [-0.05, 0) is 19.3 Å². The van der Waals surface area contributed by atoms with E-state index in [-0.39, 0.29) is 11.9 Å². The van der Waals surface area contributed by atoms with E-state index >= 15 is 0 Å². The maximum absolute atomic E-state index is 12.7. The lowest BCUT2D eigenvalue weighted by atomic mass is 10.0. The molecule has 118 valence electrons. The molecule has 0 aliphatic carbocycles. The third-order valence-corrected chi connectivity index (χ3v) is 3.84. The molecule has 1 saturated heterocycles. The van der Waals surface area contributed by atoms with Crippen molar-refractivity contribution in [2.75, 3.05) is 16.8 Å². The summed E-state index contributed by atoms with van der Waals surface area (Å²) < 4.78 is 3.61. The minimum atomic E-state index is -0.213. The first kappa shape index (κ1) is 14.6. The fraction of sp³-hybridized carbons (Fsp3) is 0.533. The van der Waals surface area contributed by atoms with E-state index in [1.807, 2.05) is 30.2 Å². The summed E-state index contributed by atoms with van der Waals surface area (Å²) >= 11 is 0. The van der Waals surface area contributed by atoms with Crippen LogP contribution >= 0.6 is 0 Å². The van der Waals surface area contributed by atoms with Crippen molar-refractivity contribution in [1.82, 2.24) is 19.6 Å². The van der Waals surface area contributed by atoms with Crippen molar-refractivity contribution < 1.29 is 4.79 Å². The third kappa shape index (κ3) is 2.98. The van der Waals surface area contributed by atoms with Gasteiger partial charge in [-0.3, -0.25) is 19.1 Å². The van der Waals surface area contributed by atoms with Gasteiger partial charge in [0.2, 0.25) is 0 Å². The summed E-state index contributed by atoms with van der Waals surface area (Å²) in [6, 6.07) is 1.66. The highest BCUT2D eigenvalue weighted by atomic mass is 16.2. The van der Waals surface area contributed by atoms with Crippen molar-refractivity contribution in [2.24, 2.45) is 7.05 Å². The van der Waals surface area contributed by atoms with Gasteiger partial charge in [0.05, 0.1) is 11.9 Å². The number of carbonyl (C=O) groups excluding carboxylic acids is 1. The number of hydrogen-bond donors (Lipinski definition) is 1. The van der Waals surface area contributed by atoms with E-state index < -0.39 is 0 Å². The number of piperidine rings is 1. The van der Waals surface area contributed by atoms with Gasteiger partial charge in [0.25, 0.3) is 5.91 Å². The molecule has 1 aliphatic heterocycles. The summed E-state index contributed by atoms with van der Waals surface area (Å²) in [7, 11) is 1.86. The maximum atomic E-state index is 12.7. The van der Waals surface area contributed by atoms with Gasteiger partial charge in [-0.2, -0.15) is 10.2 Å². The molecule has 0 radical (unpaired) electrons. The first-order valence-corrected chi connectivity index (χ1v) is 7.77. The lowest BCUT2D eigenvalue weighted by molar-refractivity contribution is -0.120. The molecule has 3 rings (SSSR count). The van der Waals surface area contributed by atoms with Crippen molar-refractivity contribution in [3.05, 3.63) is 24.7 Å². The Morgan fingerprint density at radius 1 is 1.45 bits per heavy atom. The second-order valence-electron chi connectivity index (χ2n) is 5.67. The zero-order chi connectivity index (χ0) is 15.5. The summed E-state index contributed by atoms with van der Waals surface area (Å²) in [5.74, 6) is 0.800. The fourth-order valence-corrected chi connectivity index (χ4v) is 2.77. The van der Waals surface area contributed by atoms with Gasteiger partial charge in [-0.1, -0.05) is 6.92 Å². The molecule has 1 fully saturated rings. The van der Waals surface area contributed by atoms with E-state index in [0.29, 0.717) is 0 Å². The quantitative estimate of drug-likeness (QED) is 0.911. The Morgan fingerprint density at radius 3 is 3.05 bits per heavy atom. The number of amides is 1. The van der Waals surface area contributed by atoms with E-state index in [1.165, 1.54) is 0 Å². The van der Waals surface area contributed by atoms with Crippen molar-refractivity contribution >= 4 is 17.4 Å². The maximum Gasteiger partial charge on any atom is 0.250 e. The van der Waals surface area contributed by atoms with Gasteiger partial charge in [0, 0.05) is 38.6 Å². The van der Waals surface area contributed by atoms with Gasteiger partial charge < -0.3 is 5.32 Å². The number of carbonyl (C=O) groups is 1. The second kappa shape index (κ2) is 6.21. The van der Waals surface area contributed by atoms with E-state index in [1.54, 1.807) is 15.8 Å². The Morgan fingerprint density at radius 2 is 2.32 bits per heavy atom. The molecule has 7 nitrogen and oxygen atoms in total. The zero-order valence-electron chi connectivity index (χ0n) is 13.1. The number of aryl methyl sites for hydroxylation is 2. The van der Waals surface area contributed by atoms with Crippen LogP contribution < -0.4 is 10.2 Å². The van der Waals surface area contributed by atoms with E-state index in [0.717, 1.165) is 43.9 Å². The van der Waals surface area contributed by atoms with E-state index in [9.17, 15) is 4.79 Å². The minimum absolute atomic E-state index is 0.0770. The first-order chi connectivity index (χ1) is 10.7.